The van der Waals surface area contributed by atoms with E-state index < -0.39 is 4.92 Å². The van der Waals surface area contributed by atoms with Gasteiger partial charge in [0.15, 0.2) is 0 Å². The van der Waals surface area contributed by atoms with Gasteiger partial charge in [0, 0.05) is 38.3 Å². The molecule has 0 amide bonds. The number of hydrogen-bond donors (Lipinski definition) is 2. The molecular weight excluding hydrogens is 377 g/mol. The first-order chi connectivity index (χ1) is 10.6. The molecule has 24 heavy (non-hydrogen) atoms. The summed E-state index contributed by atoms with van der Waals surface area (Å²) in [6.45, 7) is 6.89. The predicted octanol–water partition coefficient (Wildman–Crippen LogP) is 3.71. The van der Waals surface area contributed by atoms with Crippen LogP contribution in [-0.2, 0) is 0 Å². The molecule has 0 bridgehead atoms. The van der Waals surface area contributed by atoms with Gasteiger partial charge in [-0.3, -0.25) is 15.0 Å². The second-order valence-corrected chi connectivity index (χ2v) is 5.66. The van der Waals surface area contributed by atoms with Gasteiger partial charge in [-0.15, -0.1) is 31.4 Å². The van der Waals surface area contributed by atoms with Gasteiger partial charge in [-0.05, 0) is 18.9 Å². The van der Waals surface area contributed by atoms with E-state index in [2.05, 4.69) is 16.8 Å². The highest BCUT2D eigenvalue weighted by Crippen LogP contribution is 2.42. The molecule has 136 valence electrons. The maximum atomic E-state index is 11.3. The molecule has 2 N–H and O–H groups in total. The van der Waals surface area contributed by atoms with Crippen LogP contribution in [0.2, 0.25) is 5.02 Å². The first-order valence-electron chi connectivity index (χ1n) is 7.27. The Morgan fingerprint density at radius 2 is 2.04 bits per heavy atom. The number of benzene rings is 1. The molecule has 9 heteroatoms. The Morgan fingerprint density at radius 3 is 2.58 bits per heavy atom. The van der Waals surface area contributed by atoms with Crippen molar-refractivity contribution < 1.29 is 10.0 Å². The summed E-state index contributed by atoms with van der Waals surface area (Å²) in [5, 5.41) is 25.1. The maximum Gasteiger partial charge on any atom is 0.278 e. The number of nitro benzene ring substituents is 1. The van der Waals surface area contributed by atoms with Crippen molar-refractivity contribution in [2.75, 3.05) is 26.2 Å². The summed E-state index contributed by atoms with van der Waals surface area (Å²) in [6, 6.07) is 2.47. The number of piperazine rings is 1. The fourth-order valence-electron chi connectivity index (χ4n) is 2.84. The number of hydrogen-bond acceptors (Lipinski definition) is 5. The number of nitrogens with one attached hydrogen (secondary N) is 1. The molecule has 1 aliphatic heterocycles. The minimum Gasteiger partial charge on any atom is -0.506 e. The molecule has 2 rings (SSSR count). The van der Waals surface area contributed by atoms with Crippen molar-refractivity contribution in [1.82, 2.24) is 10.2 Å². The summed E-state index contributed by atoms with van der Waals surface area (Å²) in [7, 11) is 0. The van der Waals surface area contributed by atoms with Gasteiger partial charge in [0.05, 0.1) is 15.5 Å². The van der Waals surface area contributed by atoms with Gasteiger partial charge < -0.3 is 10.4 Å². The Hall–Kier alpha value is -1.05. The third kappa shape index (κ3) is 5.22. The summed E-state index contributed by atoms with van der Waals surface area (Å²) >= 11 is 5.98. The minimum atomic E-state index is -0.464. The number of phenols is 1. The summed E-state index contributed by atoms with van der Waals surface area (Å²) in [5.41, 5.74) is 0.218. The van der Waals surface area contributed by atoms with E-state index in [0.29, 0.717) is 18.4 Å². The Labute approximate surface area is 158 Å². The lowest BCUT2D eigenvalue weighted by atomic mass is 9.96. The second kappa shape index (κ2) is 10.7. The topological polar surface area (TPSA) is 78.6 Å². The predicted molar refractivity (Wildman–Crippen MR) is 101 cm³/mol. The van der Waals surface area contributed by atoms with E-state index in [-0.39, 0.29) is 47.3 Å². The number of nitrogens with zero attached hydrogens (tertiary/aromatic N) is 2. The Balaban J connectivity index is 0.00000264. The van der Waals surface area contributed by atoms with Crippen LogP contribution in [0.4, 0.5) is 5.69 Å². The fourth-order valence-corrected chi connectivity index (χ4v) is 3.00. The van der Waals surface area contributed by atoms with Gasteiger partial charge in [0.25, 0.3) is 5.69 Å². The third-order valence-electron chi connectivity index (χ3n) is 3.91. The van der Waals surface area contributed by atoms with Crippen molar-refractivity contribution in [2.45, 2.75) is 18.9 Å². The van der Waals surface area contributed by atoms with Crippen LogP contribution in [0.1, 0.15) is 24.4 Å². The molecule has 6 nitrogen and oxygen atoms in total. The first kappa shape index (κ1) is 22.9. The van der Waals surface area contributed by atoms with Gasteiger partial charge in [0.2, 0.25) is 0 Å². The smallest absolute Gasteiger partial charge is 0.278 e. The molecular formula is C15H22Cl3N3O3. The van der Waals surface area contributed by atoms with Crippen molar-refractivity contribution in [1.29, 1.82) is 0 Å². The van der Waals surface area contributed by atoms with Crippen molar-refractivity contribution in [3.05, 3.63) is 45.5 Å². The Bertz CT molecular complexity index is 566. The van der Waals surface area contributed by atoms with Crippen LogP contribution in [0.3, 0.4) is 0 Å². The quantitative estimate of drug-likeness (QED) is 0.434. The van der Waals surface area contributed by atoms with E-state index in [4.69, 9.17) is 11.6 Å². The van der Waals surface area contributed by atoms with Gasteiger partial charge in [0.1, 0.15) is 5.75 Å². The zero-order valence-electron chi connectivity index (χ0n) is 13.1. The van der Waals surface area contributed by atoms with Gasteiger partial charge in [-0.25, -0.2) is 0 Å². The fraction of sp³-hybridized carbons (Fsp3) is 0.467. The van der Waals surface area contributed by atoms with E-state index in [0.717, 1.165) is 26.2 Å². The zero-order chi connectivity index (χ0) is 16.1. The van der Waals surface area contributed by atoms with Crippen LogP contribution < -0.4 is 5.32 Å². The van der Waals surface area contributed by atoms with E-state index in [1.807, 2.05) is 0 Å². The van der Waals surface area contributed by atoms with Crippen molar-refractivity contribution in [3.8, 4) is 5.75 Å². The van der Waals surface area contributed by atoms with Crippen LogP contribution >= 0.6 is 36.4 Å². The van der Waals surface area contributed by atoms with Gasteiger partial charge in [-0.2, -0.15) is 0 Å². The molecule has 1 aromatic carbocycles. The van der Waals surface area contributed by atoms with Crippen LogP contribution in [0, 0.1) is 10.1 Å². The lowest BCUT2D eigenvalue weighted by Gasteiger charge is -2.35. The molecule has 1 fully saturated rings. The zero-order valence-corrected chi connectivity index (χ0v) is 15.5. The van der Waals surface area contributed by atoms with Crippen LogP contribution in [0.25, 0.3) is 0 Å². The van der Waals surface area contributed by atoms with Crippen molar-refractivity contribution in [3.63, 3.8) is 0 Å². The molecule has 1 aromatic rings. The highest BCUT2D eigenvalue weighted by Gasteiger charge is 2.31. The standard InChI is InChI=1S/C15H20ClN3O3.2ClH/c1-2-3-4-12(18-9-7-17-8-10-18)14-13(19(21)22)6-5-11(16)15(14)20;;/h2,5-6,12,17,20H,1,3-4,7-10H2;2*1H/t12-;;/m0../s1. The summed E-state index contributed by atoms with van der Waals surface area (Å²) < 4.78 is 0. The molecule has 1 heterocycles. The number of rotatable bonds is 6. The highest BCUT2D eigenvalue weighted by molar-refractivity contribution is 6.32. The van der Waals surface area contributed by atoms with E-state index in [9.17, 15) is 15.2 Å². The molecule has 1 saturated heterocycles. The van der Waals surface area contributed by atoms with E-state index in [1.165, 1.54) is 12.1 Å². The van der Waals surface area contributed by atoms with Gasteiger partial charge >= 0.3 is 0 Å². The van der Waals surface area contributed by atoms with E-state index in [1.54, 1.807) is 6.08 Å². The summed E-state index contributed by atoms with van der Waals surface area (Å²) in [6.07, 6.45) is 3.14. The SMILES string of the molecule is C=CCC[C@@H](c1c([N+](=O)[O-])ccc(Cl)c1O)N1CCNCC1.Cl.Cl. The average Bonchev–Trinajstić information content (AvgIpc) is 2.52. The maximum absolute atomic E-state index is 11.3. The first-order valence-corrected chi connectivity index (χ1v) is 7.65. The highest BCUT2D eigenvalue weighted by atomic mass is 35.5. The van der Waals surface area contributed by atoms with Gasteiger partial charge in [-0.1, -0.05) is 17.7 Å². The number of halogens is 3. The molecule has 0 radical (unpaired) electrons. The van der Waals surface area contributed by atoms with E-state index >= 15 is 0 Å². The number of phenolic OH excluding ortho intramolecular Hbond substituents is 1. The monoisotopic (exact) mass is 397 g/mol. The Kier molecular flexibility index (Phi) is 10.3. The molecule has 0 unspecified atom stereocenters. The minimum absolute atomic E-state index is 0. The molecule has 0 saturated carbocycles. The van der Waals surface area contributed by atoms with Crippen LogP contribution in [-0.4, -0.2) is 41.1 Å². The third-order valence-corrected chi connectivity index (χ3v) is 4.22. The molecule has 1 atom stereocenters. The van der Waals surface area contributed by atoms with Crippen molar-refractivity contribution in [2.24, 2.45) is 0 Å². The lowest BCUT2D eigenvalue weighted by Crippen LogP contribution is -2.45. The van der Waals surface area contributed by atoms with Crippen LogP contribution in [0.5, 0.6) is 5.75 Å². The second-order valence-electron chi connectivity index (χ2n) is 5.25. The average molecular weight is 399 g/mol. The summed E-state index contributed by atoms with van der Waals surface area (Å²) in [4.78, 5) is 13.0. The van der Waals surface area contributed by atoms with Crippen molar-refractivity contribution >= 4 is 42.1 Å². The Morgan fingerprint density at radius 1 is 1.42 bits per heavy atom. The normalized spacial score (nSPS) is 15.7. The van der Waals surface area contributed by atoms with Crippen LogP contribution in [0.15, 0.2) is 24.8 Å². The number of allylic oxidation sites excluding steroid dienone is 1. The molecule has 0 spiro atoms. The molecule has 0 aliphatic carbocycles. The lowest BCUT2D eigenvalue weighted by molar-refractivity contribution is -0.386. The number of aromatic hydroxyl groups is 1. The molecule has 1 aliphatic rings. The molecule has 0 aromatic heterocycles. The number of nitro groups is 1. The summed E-state index contributed by atoms with van der Waals surface area (Å²) in [5.74, 6) is -0.191. The largest absolute Gasteiger partial charge is 0.506 e.